The molecule has 152 valence electrons. The van der Waals surface area contributed by atoms with Crippen LogP contribution in [0.3, 0.4) is 0 Å². The minimum Gasteiger partial charge on any atom is -0.393 e. The van der Waals surface area contributed by atoms with Gasteiger partial charge in [0.15, 0.2) is 34.5 Å². The molecule has 1 aliphatic heterocycles. The predicted molar refractivity (Wildman–Crippen MR) is 84.1 cm³/mol. The van der Waals surface area contributed by atoms with Crippen LogP contribution in [-0.2, 0) is 28.7 Å². The SMILES string of the molecule is CC(=O)[C@]1(O)[C@@](O)(C(C)=O)[C@](CO)(C(C)=O)O[C@](O)(C(C)=O)[C@]1(O)C(C)=O. The van der Waals surface area contributed by atoms with E-state index >= 15 is 0 Å². The van der Waals surface area contributed by atoms with E-state index < -0.39 is 63.7 Å². The zero-order valence-corrected chi connectivity index (χ0v) is 15.4. The molecule has 0 aromatic rings. The van der Waals surface area contributed by atoms with Gasteiger partial charge in [0.1, 0.15) is 0 Å². The van der Waals surface area contributed by atoms with Crippen molar-refractivity contribution in [3.8, 4) is 0 Å². The monoisotopic (exact) mass is 390 g/mol. The smallest absolute Gasteiger partial charge is 0.268 e. The van der Waals surface area contributed by atoms with Gasteiger partial charge in [-0.1, -0.05) is 0 Å². The lowest BCUT2D eigenvalue weighted by molar-refractivity contribution is -0.409. The molecule has 0 bridgehead atoms. The van der Waals surface area contributed by atoms with E-state index in [0.717, 1.165) is 0 Å². The van der Waals surface area contributed by atoms with E-state index in [1.165, 1.54) is 0 Å². The van der Waals surface area contributed by atoms with Gasteiger partial charge in [0.2, 0.25) is 16.8 Å². The van der Waals surface area contributed by atoms with Crippen molar-refractivity contribution in [3.63, 3.8) is 0 Å². The van der Waals surface area contributed by atoms with Crippen molar-refractivity contribution in [2.45, 2.75) is 62.8 Å². The van der Waals surface area contributed by atoms with Gasteiger partial charge in [-0.25, -0.2) is 0 Å². The van der Waals surface area contributed by atoms with Gasteiger partial charge in [-0.05, 0) is 27.7 Å². The van der Waals surface area contributed by atoms with Crippen molar-refractivity contribution >= 4 is 28.9 Å². The van der Waals surface area contributed by atoms with E-state index in [4.69, 9.17) is 4.74 Å². The predicted octanol–water partition coefficient (Wildman–Crippen LogP) is -3.43. The fourth-order valence-corrected chi connectivity index (χ4v) is 3.65. The number of hydrogen-bond donors (Lipinski definition) is 5. The van der Waals surface area contributed by atoms with Crippen LogP contribution in [0.1, 0.15) is 34.6 Å². The second kappa shape index (κ2) is 6.33. The molecule has 1 rings (SSSR count). The molecule has 0 amide bonds. The number of ether oxygens (including phenoxy) is 1. The molecule has 5 N–H and O–H groups in total. The highest BCUT2D eigenvalue weighted by atomic mass is 16.7. The second-order valence-electron chi connectivity index (χ2n) is 6.64. The molecule has 0 aromatic carbocycles. The summed E-state index contributed by atoms with van der Waals surface area (Å²) >= 11 is 0. The summed E-state index contributed by atoms with van der Waals surface area (Å²) in [6.07, 6.45) is 0. The van der Waals surface area contributed by atoms with E-state index in [1.807, 2.05) is 0 Å². The molecule has 1 heterocycles. The lowest BCUT2D eigenvalue weighted by atomic mass is 9.53. The molecule has 1 aliphatic rings. The van der Waals surface area contributed by atoms with Gasteiger partial charge in [-0.15, -0.1) is 0 Å². The molecule has 0 aromatic heterocycles. The number of Topliss-reactive ketones (excluding diaryl/α,β-unsaturated/α-hetero) is 5. The first-order chi connectivity index (χ1) is 12.0. The molecule has 27 heavy (non-hydrogen) atoms. The van der Waals surface area contributed by atoms with Crippen LogP contribution in [0.4, 0.5) is 0 Å². The summed E-state index contributed by atoms with van der Waals surface area (Å²) in [4.78, 5) is 61.2. The topological polar surface area (TPSA) is 196 Å². The summed E-state index contributed by atoms with van der Waals surface area (Å²) < 4.78 is 4.89. The second-order valence-corrected chi connectivity index (χ2v) is 6.64. The number of carbonyl (C=O) groups is 5. The van der Waals surface area contributed by atoms with Gasteiger partial charge >= 0.3 is 0 Å². The van der Waals surface area contributed by atoms with Crippen LogP contribution < -0.4 is 0 Å². The third kappa shape index (κ3) is 2.21. The average Bonchev–Trinajstić information content (AvgIpc) is 2.54. The van der Waals surface area contributed by atoms with Crippen LogP contribution in [0.25, 0.3) is 0 Å². The average molecular weight is 390 g/mol. The molecule has 0 saturated carbocycles. The van der Waals surface area contributed by atoms with Crippen molar-refractivity contribution in [2.75, 3.05) is 6.61 Å². The Hall–Kier alpha value is -1.89. The molecule has 11 nitrogen and oxygen atoms in total. The number of ketones is 5. The van der Waals surface area contributed by atoms with Crippen LogP contribution in [0.2, 0.25) is 0 Å². The molecule has 0 unspecified atom stereocenters. The molecule has 0 spiro atoms. The van der Waals surface area contributed by atoms with Crippen molar-refractivity contribution in [1.82, 2.24) is 0 Å². The first-order valence-electron chi connectivity index (χ1n) is 7.74. The summed E-state index contributed by atoms with van der Waals surface area (Å²) in [5.41, 5.74) is -14.8. The number of aliphatic hydroxyl groups excluding tert-OH is 1. The molecule has 1 saturated heterocycles. The van der Waals surface area contributed by atoms with E-state index in [2.05, 4.69) is 0 Å². The first kappa shape index (κ1) is 23.1. The summed E-state index contributed by atoms with van der Waals surface area (Å²) in [7, 11) is 0. The van der Waals surface area contributed by atoms with Crippen molar-refractivity contribution < 1.29 is 54.2 Å². The Morgan fingerprint density at radius 3 is 1.22 bits per heavy atom. The standard InChI is InChI=1S/C16H22O11/c1-7(18)12(6-17)13(23,8(2)19)14(24,9(3)20)15(25,10(4)21)16(26,27-12)11(5)22/h17,23-26H,6H2,1-5H3/t12-,13+,14-,15-,16+/m0/s1. The van der Waals surface area contributed by atoms with Gasteiger partial charge in [0.25, 0.3) is 5.79 Å². The summed E-state index contributed by atoms with van der Waals surface area (Å²) in [6.45, 7) is 1.33. The fourth-order valence-electron chi connectivity index (χ4n) is 3.65. The molecular formula is C16H22O11. The Balaban J connectivity index is 4.36. The Labute approximate surface area is 153 Å². The summed E-state index contributed by atoms with van der Waals surface area (Å²) in [5.74, 6) is -11.5. The summed E-state index contributed by atoms with van der Waals surface area (Å²) in [5, 5.41) is 53.5. The third-order valence-corrected chi connectivity index (χ3v) is 5.24. The highest BCUT2D eigenvalue weighted by Gasteiger charge is 2.88. The van der Waals surface area contributed by atoms with Crippen LogP contribution in [0.15, 0.2) is 0 Å². The third-order valence-electron chi connectivity index (χ3n) is 5.24. The van der Waals surface area contributed by atoms with Crippen LogP contribution in [0, 0.1) is 0 Å². The zero-order chi connectivity index (χ0) is 21.8. The van der Waals surface area contributed by atoms with Gasteiger partial charge in [0, 0.05) is 6.92 Å². The number of hydrogen-bond acceptors (Lipinski definition) is 11. The zero-order valence-electron chi connectivity index (χ0n) is 15.4. The van der Waals surface area contributed by atoms with E-state index in [1.54, 1.807) is 0 Å². The molecule has 5 atom stereocenters. The maximum absolute atomic E-state index is 12.4. The first-order valence-corrected chi connectivity index (χ1v) is 7.74. The number of carbonyl (C=O) groups excluding carboxylic acids is 5. The van der Waals surface area contributed by atoms with Crippen LogP contribution in [0.5, 0.6) is 0 Å². The normalized spacial score (nSPS) is 41.7. The van der Waals surface area contributed by atoms with Crippen molar-refractivity contribution in [2.24, 2.45) is 0 Å². The number of aliphatic hydroxyl groups is 5. The molecular weight excluding hydrogens is 368 g/mol. The van der Waals surface area contributed by atoms with Crippen molar-refractivity contribution in [1.29, 1.82) is 0 Å². The summed E-state index contributed by atoms with van der Waals surface area (Å²) in [6, 6.07) is 0. The fraction of sp³-hybridized carbons (Fsp3) is 0.688. The minimum absolute atomic E-state index is 0.538. The number of rotatable bonds is 6. The maximum Gasteiger partial charge on any atom is 0.268 e. The molecule has 11 heteroatoms. The van der Waals surface area contributed by atoms with E-state index in [9.17, 15) is 49.5 Å². The quantitative estimate of drug-likeness (QED) is 0.303. The van der Waals surface area contributed by atoms with Crippen LogP contribution >= 0.6 is 0 Å². The van der Waals surface area contributed by atoms with Gasteiger partial charge < -0.3 is 30.3 Å². The van der Waals surface area contributed by atoms with Crippen molar-refractivity contribution in [3.05, 3.63) is 0 Å². The highest BCUT2D eigenvalue weighted by Crippen LogP contribution is 2.54. The Bertz CT molecular complexity index is 745. The molecule has 1 fully saturated rings. The minimum atomic E-state index is -3.94. The van der Waals surface area contributed by atoms with E-state index in [-0.39, 0.29) is 0 Å². The van der Waals surface area contributed by atoms with Gasteiger partial charge in [-0.2, -0.15) is 0 Å². The van der Waals surface area contributed by atoms with Crippen LogP contribution in [-0.4, -0.2) is 89.2 Å². The maximum atomic E-state index is 12.4. The Kier molecular flexibility index (Phi) is 5.43. The van der Waals surface area contributed by atoms with Gasteiger partial charge in [-0.3, -0.25) is 24.0 Å². The Morgan fingerprint density at radius 1 is 0.630 bits per heavy atom. The van der Waals surface area contributed by atoms with Gasteiger partial charge in [0.05, 0.1) is 6.61 Å². The molecule has 0 aliphatic carbocycles. The lowest BCUT2D eigenvalue weighted by Crippen LogP contribution is -2.94. The highest BCUT2D eigenvalue weighted by molar-refractivity contribution is 6.12. The Morgan fingerprint density at radius 2 is 1.00 bits per heavy atom. The van der Waals surface area contributed by atoms with E-state index in [0.29, 0.717) is 34.6 Å². The lowest BCUT2D eigenvalue weighted by Gasteiger charge is -2.63. The molecule has 0 radical (unpaired) electrons. The largest absolute Gasteiger partial charge is 0.393 e.